The van der Waals surface area contributed by atoms with Crippen LogP contribution in [0.25, 0.3) is 10.9 Å². The van der Waals surface area contributed by atoms with Gasteiger partial charge in [0.2, 0.25) is 0 Å². The van der Waals surface area contributed by atoms with Gasteiger partial charge in [0.25, 0.3) is 0 Å². The Hall–Kier alpha value is -2.26. The van der Waals surface area contributed by atoms with Gasteiger partial charge >= 0.3 is 0 Å². The maximum absolute atomic E-state index is 5.80. The standard InChI is InChI=1S/C28H39N5O2S/c1-21(2)28-30-23(20-36-28)24(9-13-31-16-18-35-19-17-31)32-11-5-12-33(15-14-32)27-25(34-3)8-7-22-6-4-10-29-26(22)27/h4,6-8,10,20-21,24H,5,9,11-19H2,1-3H3. The Morgan fingerprint density at radius 3 is 2.69 bits per heavy atom. The molecule has 1 unspecified atom stereocenters. The van der Waals surface area contributed by atoms with Crippen LogP contribution in [-0.4, -0.2) is 85.9 Å². The van der Waals surface area contributed by atoms with Crippen molar-refractivity contribution in [2.75, 3.05) is 71.0 Å². The Morgan fingerprint density at radius 2 is 1.92 bits per heavy atom. The van der Waals surface area contributed by atoms with Gasteiger partial charge in [0.15, 0.2) is 0 Å². The van der Waals surface area contributed by atoms with Crippen LogP contribution in [0.15, 0.2) is 35.8 Å². The predicted molar refractivity (Wildman–Crippen MR) is 148 cm³/mol. The summed E-state index contributed by atoms with van der Waals surface area (Å²) in [5.74, 6) is 1.37. The van der Waals surface area contributed by atoms with Crippen molar-refractivity contribution in [2.45, 2.75) is 38.6 Å². The minimum Gasteiger partial charge on any atom is -0.494 e. The Kier molecular flexibility index (Phi) is 8.36. The molecule has 2 aliphatic rings. The molecule has 3 aromatic rings. The van der Waals surface area contributed by atoms with E-state index in [9.17, 15) is 0 Å². The average Bonchev–Trinajstić information content (AvgIpc) is 3.28. The molecule has 5 rings (SSSR count). The minimum atomic E-state index is 0.337. The lowest BCUT2D eigenvalue weighted by Crippen LogP contribution is -2.40. The van der Waals surface area contributed by atoms with Gasteiger partial charge in [-0.3, -0.25) is 14.8 Å². The lowest BCUT2D eigenvalue weighted by Gasteiger charge is -2.33. The lowest BCUT2D eigenvalue weighted by molar-refractivity contribution is 0.0328. The quantitative estimate of drug-likeness (QED) is 0.432. The van der Waals surface area contributed by atoms with E-state index in [4.69, 9.17) is 19.4 Å². The Balaban J connectivity index is 1.36. The van der Waals surface area contributed by atoms with E-state index >= 15 is 0 Å². The molecule has 0 saturated carbocycles. The number of hydrogen-bond acceptors (Lipinski definition) is 8. The molecule has 2 aromatic heterocycles. The van der Waals surface area contributed by atoms with Crippen LogP contribution in [-0.2, 0) is 4.74 Å². The second-order valence-corrected chi connectivity index (χ2v) is 11.0. The highest BCUT2D eigenvalue weighted by Crippen LogP contribution is 2.37. The summed E-state index contributed by atoms with van der Waals surface area (Å²) in [6.45, 7) is 13.3. The summed E-state index contributed by atoms with van der Waals surface area (Å²) in [7, 11) is 1.76. The first kappa shape index (κ1) is 25.4. The van der Waals surface area contributed by atoms with Crippen LogP contribution in [0.4, 0.5) is 5.69 Å². The topological polar surface area (TPSA) is 54.0 Å². The zero-order valence-electron chi connectivity index (χ0n) is 21.9. The van der Waals surface area contributed by atoms with Crippen molar-refractivity contribution in [1.82, 2.24) is 19.8 Å². The first-order valence-corrected chi connectivity index (χ1v) is 14.2. The van der Waals surface area contributed by atoms with Gasteiger partial charge in [-0.05, 0) is 31.0 Å². The fourth-order valence-corrected chi connectivity index (χ4v) is 6.30. The zero-order chi connectivity index (χ0) is 24.9. The number of aromatic nitrogens is 2. The van der Waals surface area contributed by atoms with Crippen molar-refractivity contribution >= 4 is 27.9 Å². The van der Waals surface area contributed by atoms with Crippen LogP contribution in [0.2, 0.25) is 0 Å². The normalized spacial score (nSPS) is 19.1. The van der Waals surface area contributed by atoms with Gasteiger partial charge in [-0.1, -0.05) is 19.9 Å². The molecule has 2 aliphatic heterocycles. The number of thiazole rings is 1. The molecule has 1 aromatic carbocycles. The summed E-state index contributed by atoms with van der Waals surface area (Å²) < 4.78 is 11.4. The van der Waals surface area contributed by atoms with Gasteiger partial charge in [0.1, 0.15) is 11.4 Å². The van der Waals surface area contributed by atoms with Crippen LogP contribution in [0.3, 0.4) is 0 Å². The first-order chi connectivity index (χ1) is 17.6. The molecule has 7 nitrogen and oxygen atoms in total. The highest BCUT2D eigenvalue weighted by atomic mass is 32.1. The van der Waals surface area contributed by atoms with Crippen molar-refractivity contribution < 1.29 is 9.47 Å². The van der Waals surface area contributed by atoms with Crippen molar-refractivity contribution in [2.24, 2.45) is 0 Å². The van der Waals surface area contributed by atoms with E-state index in [1.807, 2.05) is 23.6 Å². The first-order valence-electron chi connectivity index (χ1n) is 13.3. The van der Waals surface area contributed by atoms with E-state index in [0.717, 1.165) is 94.2 Å². The SMILES string of the molecule is COc1ccc2cccnc2c1N1CCCN(C(CCN2CCOCC2)c2csc(C(C)C)n2)CC1. The Bertz CT molecular complexity index is 1130. The van der Waals surface area contributed by atoms with Gasteiger partial charge in [0, 0.05) is 68.7 Å². The smallest absolute Gasteiger partial charge is 0.144 e. The summed E-state index contributed by atoms with van der Waals surface area (Å²) in [5, 5.41) is 4.70. The highest BCUT2D eigenvalue weighted by molar-refractivity contribution is 7.09. The predicted octanol–water partition coefficient (Wildman–Crippen LogP) is 4.80. The number of rotatable bonds is 8. The number of ether oxygens (including phenoxy) is 2. The number of fused-ring (bicyclic) bond motifs is 1. The van der Waals surface area contributed by atoms with Gasteiger partial charge in [0.05, 0.1) is 42.6 Å². The fraction of sp³-hybridized carbons (Fsp3) is 0.571. The molecule has 0 amide bonds. The molecule has 2 saturated heterocycles. The lowest BCUT2D eigenvalue weighted by atomic mass is 10.1. The molecule has 0 bridgehead atoms. The second kappa shape index (κ2) is 11.9. The fourth-order valence-electron chi connectivity index (χ4n) is 5.42. The Labute approximate surface area is 219 Å². The van der Waals surface area contributed by atoms with E-state index in [-0.39, 0.29) is 0 Å². The van der Waals surface area contributed by atoms with E-state index in [1.165, 1.54) is 10.7 Å². The molecular formula is C28H39N5O2S. The van der Waals surface area contributed by atoms with Crippen molar-refractivity contribution in [3.8, 4) is 5.75 Å². The Morgan fingerprint density at radius 1 is 1.06 bits per heavy atom. The largest absolute Gasteiger partial charge is 0.494 e. The minimum absolute atomic E-state index is 0.337. The van der Waals surface area contributed by atoms with Crippen LogP contribution in [0.1, 0.15) is 49.4 Å². The van der Waals surface area contributed by atoms with Crippen molar-refractivity contribution in [3.05, 3.63) is 46.5 Å². The molecule has 1 atom stereocenters. The second-order valence-electron chi connectivity index (χ2n) is 10.1. The summed E-state index contributed by atoms with van der Waals surface area (Å²) >= 11 is 1.81. The van der Waals surface area contributed by atoms with Crippen LogP contribution in [0.5, 0.6) is 5.75 Å². The van der Waals surface area contributed by atoms with Crippen LogP contribution < -0.4 is 9.64 Å². The van der Waals surface area contributed by atoms with E-state index in [2.05, 4.69) is 52.1 Å². The van der Waals surface area contributed by atoms with E-state index in [1.54, 1.807) is 7.11 Å². The number of nitrogens with zero attached hydrogens (tertiary/aromatic N) is 5. The maximum Gasteiger partial charge on any atom is 0.144 e. The van der Waals surface area contributed by atoms with Gasteiger partial charge in [-0.25, -0.2) is 4.98 Å². The molecule has 0 spiro atoms. The zero-order valence-corrected chi connectivity index (χ0v) is 22.7. The summed E-state index contributed by atoms with van der Waals surface area (Å²) in [6.07, 6.45) is 4.08. The number of benzene rings is 1. The van der Waals surface area contributed by atoms with Crippen LogP contribution in [0, 0.1) is 0 Å². The molecule has 8 heteroatoms. The summed E-state index contributed by atoms with van der Waals surface area (Å²) in [4.78, 5) is 17.5. The third-order valence-electron chi connectivity index (χ3n) is 7.42. The molecule has 0 N–H and O–H groups in total. The third-order valence-corrected chi connectivity index (χ3v) is 8.58. The maximum atomic E-state index is 5.80. The molecule has 0 radical (unpaired) electrons. The molecule has 0 aliphatic carbocycles. The van der Waals surface area contributed by atoms with Gasteiger partial charge < -0.3 is 14.4 Å². The number of morpholine rings is 1. The molecule has 36 heavy (non-hydrogen) atoms. The molecule has 4 heterocycles. The number of hydrogen-bond donors (Lipinski definition) is 0. The van der Waals surface area contributed by atoms with Gasteiger partial charge in [-0.15, -0.1) is 11.3 Å². The van der Waals surface area contributed by atoms with E-state index < -0.39 is 0 Å². The molecule has 2 fully saturated rings. The average molecular weight is 510 g/mol. The molecule has 194 valence electrons. The van der Waals surface area contributed by atoms with Crippen LogP contribution >= 0.6 is 11.3 Å². The molecular weight excluding hydrogens is 470 g/mol. The highest BCUT2D eigenvalue weighted by Gasteiger charge is 2.28. The van der Waals surface area contributed by atoms with E-state index in [0.29, 0.717) is 12.0 Å². The third kappa shape index (κ3) is 5.67. The number of methoxy groups -OCH3 is 1. The number of anilines is 1. The summed E-state index contributed by atoms with van der Waals surface area (Å²) in [5.41, 5.74) is 3.39. The van der Waals surface area contributed by atoms with Crippen molar-refractivity contribution in [1.29, 1.82) is 0 Å². The monoisotopic (exact) mass is 509 g/mol. The van der Waals surface area contributed by atoms with Crippen molar-refractivity contribution in [3.63, 3.8) is 0 Å². The number of pyridine rings is 1. The summed E-state index contributed by atoms with van der Waals surface area (Å²) in [6, 6.07) is 8.65. The van der Waals surface area contributed by atoms with Gasteiger partial charge in [-0.2, -0.15) is 0 Å².